The largest absolute Gasteiger partial charge is 0.451 e. The molecule has 2 aromatic carbocycles. The number of H-pyrrole nitrogens is 1. The third-order valence-corrected chi connectivity index (χ3v) is 9.28. The van der Waals surface area contributed by atoms with Crippen LogP contribution in [0.25, 0.3) is 11.4 Å². The molecule has 2 atom stereocenters. The van der Waals surface area contributed by atoms with Crippen molar-refractivity contribution in [2.24, 2.45) is 0 Å². The van der Waals surface area contributed by atoms with E-state index in [9.17, 15) is 17.6 Å². The molecule has 1 N–H and O–H groups in total. The highest BCUT2D eigenvalue weighted by Crippen LogP contribution is 2.50. The number of rotatable bonds is 6. The Kier molecular flexibility index (Phi) is 8.14. The second-order valence-corrected chi connectivity index (χ2v) is 12.6. The molecule has 0 spiro atoms. The highest BCUT2D eigenvalue weighted by Gasteiger charge is 2.43. The molecule has 2 saturated heterocycles. The van der Waals surface area contributed by atoms with Gasteiger partial charge in [0.1, 0.15) is 5.82 Å². The first kappa shape index (κ1) is 30.9. The smallest absolute Gasteiger partial charge is 0.444 e. The second kappa shape index (κ2) is 12.1. The molecule has 5 heterocycles. The summed E-state index contributed by atoms with van der Waals surface area (Å²) in [5, 5.41) is 6.09. The van der Waals surface area contributed by atoms with Gasteiger partial charge in [0.25, 0.3) is 5.79 Å². The topological polar surface area (TPSA) is 85.4 Å². The molecule has 3 aliphatic rings. The SMILES string of the molecule is C[C@]1(c2ccc(Cl)cc2F)Oc2cccc(C3CCN(Cc4ncc(-c5n[nH]c(C(F)(F)F)n5)cc4[C@H]4CCCOC4)CC3)c2O1. The van der Waals surface area contributed by atoms with Crippen molar-refractivity contribution in [1.29, 1.82) is 0 Å². The van der Waals surface area contributed by atoms with Crippen LogP contribution in [-0.2, 0) is 23.2 Å². The fourth-order valence-electron chi connectivity index (χ4n) is 6.67. The summed E-state index contributed by atoms with van der Waals surface area (Å²) in [4.78, 5) is 10.7. The van der Waals surface area contributed by atoms with Crippen molar-refractivity contribution in [1.82, 2.24) is 25.1 Å². The molecule has 13 heteroatoms. The Hall–Kier alpha value is -3.74. The van der Waals surface area contributed by atoms with Crippen LogP contribution in [-0.4, -0.2) is 51.4 Å². The van der Waals surface area contributed by atoms with E-state index in [2.05, 4.69) is 15.0 Å². The number of aromatic amines is 1. The number of hydrogen-bond donors (Lipinski definition) is 1. The number of piperidine rings is 1. The van der Waals surface area contributed by atoms with Gasteiger partial charge in [-0.3, -0.25) is 15.0 Å². The first-order valence-corrected chi connectivity index (χ1v) is 15.7. The van der Waals surface area contributed by atoms with E-state index < -0.39 is 23.6 Å². The van der Waals surface area contributed by atoms with Crippen LogP contribution in [0.3, 0.4) is 0 Å². The van der Waals surface area contributed by atoms with Crippen LogP contribution >= 0.6 is 11.6 Å². The van der Waals surface area contributed by atoms with Crippen LogP contribution in [0.5, 0.6) is 11.5 Å². The molecule has 7 rings (SSSR count). The molecule has 2 aromatic heterocycles. The standard InChI is InChI=1S/C33H32ClF4N5O3/c1-32(25-8-7-22(34)15-26(25)35)45-28-6-2-5-23(29(28)46-32)19-9-11-43(12-10-19)17-27-24(20-4-3-13-44-18-20)14-21(16-39-27)30-40-31(42-41-30)33(36,37)38/h2,5-8,14-16,19-20H,3-4,9-13,17-18H2,1H3,(H,40,41,42)/t20-,32-/m0/s1. The maximum Gasteiger partial charge on any atom is 0.451 e. The number of alkyl halides is 3. The van der Waals surface area contributed by atoms with Gasteiger partial charge >= 0.3 is 6.18 Å². The van der Waals surface area contributed by atoms with Gasteiger partial charge in [-0.2, -0.15) is 18.3 Å². The van der Waals surface area contributed by atoms with E-state index in [1.165, 1.54) is 6.07 Å². The van der Waals surface area contributed by atoms with E-state index in [1.807, 2.05) is 29.4 Å². The molecule has 3 aliphatic heterocycles. The van der Waals surface area contributed by atoms with Gasteiger partial charge in [-0.25, -0.2) is 9.37 Å². The van der Waals surface area contributed by atoms with Crippen molar-refractivity contribution in [3.05, 3.63) is 87.7 Å². The summed E-state index contributed by atoms with van der Waals surface area (Å²) in [5.74, 6) is -1.48. The quantitative estimate of drug-likeness (QED) is 0.214. The van der Waals surface area contributed by atoms with Crippen LogP contribution in [0, 0.1) is 5.82 Å². The molecule has 0 unspecified atom stereocenters. The number of hydrogen-bond acceptors (Lipinski definition) is 7. The van der Waals surface area contributed by atoms with Crippen LogP contribution < -0.4 is 9.47 Å². The van der Waals surface area contributed by atoms with E-state index in [4.69, 9.17) is 30.8 Å². The molecule has 8 nitrogen and oxygen atoms in total. The summed E-state index contributed by atoms with van der Waals surface area (Å²) in [6, 6.07) is 12.1. The lowest BCUT2D eigenvalue weighted by molar-refractivity contribution is -0.144. The predicted octanol–water partition coefficient (Wildman–Crippen LogP) is 7.60. The number of para-hydroxylation sites is 1. The number of likely N-dealkylation sites (tertiary alicyclic amines) is 1. The van der Waals surface area contributed by atoms with Crippen molar-refractivity contribution >= 4 is 11.6 Å². The van der Waals surface area contributed by atoms with Crippen molar-refractivity contribution in [3.63, 3.8) is 0 Å². The monoisotopic (exact) mass is 657 g/mol. The zero-order valence-corrected chi connectivity index (χ0v) is 25.8. The number of benzene rings is 2. The minimum Gasteiger partial charge on any atom is -0.444 e. The Bertz CT molecular complexity index is 1740. The summed E-state index contributed by atoms with van der Waals surface area (Å²) in [5.41, 5.74) is 3.57. The van der Waals surface area contributed by atoms with E-state index in [-0.39, 0.29) is 23.2 Å². The Morgan fingerprint density at radius 3 is 2.59 bits per heavy atom. The molecule has 0 amide bonds. The summed E-state index contributed by atoms with van der Waals surface area (Å²) >= 11 is 5.97. The van der Waals surface area contributed by atoms with Gasteiger partial charge in [0.2, 0.25) is 5.82 Å². The molecular weight excluding hydrogens is 626 g/mol. The number of nitrogens with one attached hydrogen (secondary N) is 1. The zero-order valence-electron chi connectivity index (χ0n) is 25.0. The molecule has 46 heavy (non-hydrogen) atoms. The van der Waals surface area contributed by atoms with Crippen LogP contribution in [0.1, 0.15) is 72.7 Å². The van der Waals surface area contributed by atoms with Crippen molar-refractivity contribution in [2.75, 3.05) is 26.3 Å². The van der Waals surface area contributed by atoms with Gasteiger partial charge in [-0.1, -0.05) is 23.7 Å². The number of pyridine rings is 1. The van der Waals surface area contributed by atoms with Crippen LogP contribution in [0.15, 0.2) is 48.7 Å². The van der Waals surface area contributed by atoms with Gasteiger partial charge in [0, 0.05) is 48.3 Å². The van der Waals surface area contributed by atoms with Crippen molar-refractivity contribution < 1.29 is 31.8 Å². The number of ether oxygens (including phenoxy) is 3. The predicted molar refractivity (Wildman–Crippen MR) is 161 cm³/mol. The molecule has 0 bridgehead atoms. The van der Waals surface area contributed by atoms with E-state index in [0.717, 1.165) is 55.6 Å². The highest BCUT2D eigenvalue weighted by molar-refractivity contribution is 6.30. The van der Waals surface area contributed by atoms with Crippen molar-refractivity contribution in [3.8, 4) is 22.9 Å². The number of fused-ring (bicyclic) bond motifs is 1. The number of nitrogens with zero attached hydrogens (tertiary/aromatic N) is 4. The summed E-state index contributed by atoms with van der Waals surface area (Å²) < 4.78 is 72.5. The fraction of sp³-hybridized carbons (Fsp3) is 0.424. The Labute approximate surface area is 268 Å². The fourth-order valence-corrected chi connectivity index (χ4v) is 6.83. The minimum absolute atomic E-state index is 0.0401. The first-order valence-electron chi connectivity index (χ1n) is 15.3. The summed E-state index contributed by atoms with van der Waals surface area (Å²) in [6.45, 7) is 5.13. The van der Waals surface area contributed by atoms with E-state index in [1.54, 1.807) is 25.3 Å². The Balaban J connectivity index is 1.07. The lowest BCUT2D eigenvalue weighted by Gasteiger charge is -2.33. The summed E-state index contributed by atoms with van der Waals surface area (Å²) in [7, 11) is 0. The van der Waals surface area contributed by atoms with Gasteiger partial charge in [0.05, 0.1) is 17.9 Å². The van der Waals surface area contributed by atoms with Crippen LogP contribution in [0.4, 0.5) is 17.6 Å². The molecule has 0 saturated carbocycles. The Morgan fingerprint density at radius 2 is 1.87 bits per heavy atom. The van der Waals surface area contributed by atoms with Crippen molar-refractivity contribution in [2.45, 2.75) is 63.0 Å². The van der Waals surface area contributed by atoms with Crippen LogP contribution in [0.2, 0.25) is 5.02 Å². The third-order valence-electron chi connectivity index (χ3n) is 9.05. The molecule has 242 valence electrons. The minimum atomic E-state index is -4.61. The molecule has 4 aromatic rings. The lowest BCUT2D eigenvalue weighted by Crippen LogP contribution is -2.34. The number of halogens is 5. The number of aromatic nitrogens is 4. The van der Waals surface area contributed by atoms with E-state index in [0.29, 0.717) is 41.8 Å². The average molecular weight is 658 g/mol. The average Bonchev–Trinajstić information content (AvgIpc) is 3.68. The first-order chi connectivity index (χ1) is 22.1. The van der Waals surface area contributed by atoms with E-state index >= 15 is 0 Å². The van der Waals surface area contributed by atoms with Gasteiger partial charge in [-0.15, -0.1) is 0 Å². The molecular formula is C33H32ClF4N5O3. The van der Waals surface area contributed by atoms with Gasteiger partial charge < -0.3 is 14.2 Å². The second-order valence-electron chi connectivity index (χ2n) is 12.2. The molecule has 0 radical (unpaired) electrons. The third kappa shape index (κ3) is 6.05. The zero-order chi connectivity index (χ0) is 32.1. The lowest BCUT2D eigenvalue weighted by atomic mass is 9.88. The highest BCUT2D eigenvalue weighted by atomic mass is 35.5. The van der Waals surface area contributed by atoms with Gasteiger partial charge in [-0.05, 0) is 80.6 Å². The molecule has 0 aliphatic carbocycles. The maximum absolute atomic E-state index is 14.8. The Morgan fingerprint density at radius 1 is 1.04 bits per heavy atom. The molecule has 2 fully saturated rings. The van der Waals surface area contributed by atoms with Gasteiger partial charge in [0.15, 0.2) is 17.3 Å². The normalized spacial score (nSPS) is 22.3. The maximum atomic E-state index is 14.8. The summed E-state index contributed by atoms with van der Waals surface area (Å²) in [6.07, 6.45) is 0.464.